The maximum atomic E-state index is 13.6. The van der Waals surface area contributed by atoms with Crippen molar-refractivity contribution in [1.82, 2.24) is 25.0 Å². The Morgan fingerprint density at radius 1 is 1.21 bits per heavy atom. The van der Waals surface area contributed by atoms with Crippen molar-refractivity contribution in [2.75, 3.05) is 19.6 Å². The van der Waals surface area contributed by atoms with Crippen LogP contribution in [0.15, 0.2) is 18.2 Å². The number of fused-ring (bicyclic) bond motifs is 1. The number of nitrogens with zero attached hydrogens (tertiary/aromatic N) is 4. The predicted molar refractivity (Wildman–Crippen MR) is 90.4 cm³/mol. The Hall–Kier alpha value is -1.50. The molecule has 0 aliphatic carbocycles. The summed E-state index contributed by atoms with van der Waals surface area (Å²) in [7, 11) is 0. The van der Waals surface area contributed by atoms with Gasteiger partial charge in [-0.25, -0.2) is 4.39 Å². The van der Waals surface area contributed by atoms with Crippen LogP contribution < -0.4 is 5.32 Å². The van der Waals surface area contributed by atoms with E-state index < -0.39 is 0 Å². The molecule has 1 aromatic carbocycles. The van der Waals surface area contributed by atoms with Gasteiger partial charge in [-0.1, -0.05) is 17.7 Å². The van der Waals surface area contributed by atoms with Gasteiger partial charge in [-0.15, -0.1) is 10.2 Å². The van der Waals surface area contributed by atoms with Gasteiger partial charge in [-0.2, -0.15) is 0 Å². The van der Waals surface area contributed by atoms with Crippen LogP contribution in [0.3, 0.4) is 0 Å². The van der Waals surface area contributed by atoms with Crippen LogP contribution in [0, 0.1) is 5.82 Å². The zero-order chi connectivity index (χ0) is 16.5. The normalized spacial score (nSPS) is 19.4. The van der Waals surface area contributed by atoms with E-state index in [1.54, 1.807) is 6.07 Å². The average molecular weight is 350 g/mol. The minimum absolute atomic E-state index is 0.184. The van der Waals surface area contributed by atoms with E-state index >= 15 is 0 Å². The van der Waals surface area contributed by atoms with Crippen molar-refractivity contribution >= 4 is 11.6 Å². The molecule has 2 aromatic rings. The molecule has 2 aliphatic rings. The van der Waals surface area contributed by atoms with Gasteiger partial charge in [0.1, 0.15) is 17.5 Å². The van der Waals surface area contributed by atoms with E-state index in [1.165, 1.54) is 6.07 Å². The number of likely N-dealkylation sites (tertiary alicyclic amines) is 1. The van der Waals surface area contributed by atoms with Gasteiger partial charge in [0.15, 0.2) is 0 Å². The molecular weight excluding hydrogens is 329 g/mol. The largest absolute Gasteiger partial charge is 0.312 e. The molecule has 4 rings (SSSR count). The maximum Gasteiger partial charge on any atom is 0.147 e. The van der Waals surface area contributed by atoms with Crippen molar-refractivity contribution in [3.05, 3.63) is 46.3 Å². The molecule has 1 N–H and O–H groups in total. The molecule has 0 atom stereocenters. The van der Waals surface area contributed by atoms with Gasteiger partial charge in [-0.05, 0) is 43.6 Å². The summed E-state index contributed by atoms with van der Waals surface area (Å²) in [5.41, 5.74) is 0.973. The van der Waals surface area contributed by atoms with Gasteiger partial charge in [0.05, 0.1) is 11.6 Å². The number of benzene rings is 1. The third-order valence-electron chi connectivity index (χ3n) is 4.99. The van der Waals surface area contributed by atoms with E-state index in [4.69, 9.17) is 11.6 Å². The summed E-state index contributed by atoms with van der Waals surface area (Å²) < 4.78 is 15.9. The summed E-state index contributed by atoms with van der Waals surface area (Å²) in [6.45, 7) is 5.52. The first kappa shape index (κ1) is 16.0. The minimum Gasteiger partial charge on any atom is -0.312 e. The van der Waals surface area contributed by atoms with E-state index in [1.807, 2.05) is 6.07 Å². The molecule has 1 aromatic heterocycles. The first-order valence-corrected chi connectivity index (χ1v) is 8.87. The Kier molecular flexibility index (Phi) is 4.52. The number of halogens is 2. The van der Waals surface area contributed by atoms with E-state index in [9.17, 15) is 4.39 Å². The molecule has 0 unspecified atom stereocenters. The van der Waals surface area contributed by atoms with Gasteiger partial charge < -0.3 is 9.88 Å². The Labute approximate surface area is 145 Å². The van der Waals surface area contributed by atoms with Crippen LogP contribution in [0.25, 0.3) is 0 Å². The standard InChI is InChI=1S/C17H21ClFN5/c18-14-2-1-12(9-15(14)19)11-23-6-3-13(4-7-23)17-22-21-16-10-20-5-8-24(16)17/h1-2,9,13,20H,3-8,10-11H2. The fourth-order valence-electron chi connectivity index (χ4n) is 3.66. The lowest BCUT2D eigenvalue weighted by molar-refractivity contribution is 0.199. The SMILES string of the molecule is Fc1cc(CN2CCC(c3nnc4n3CCNC4)CC2)ccc1Cl. The van der Waals surface area contributed by atoms with E-state index in [2.05, 4.69) is 25.0 Å². The van der Waals surface area contributed by atoms with Crippen molar-refractivity contribution in [3.8, 4) is 0 Å². The molecule has 0 bridgehead atoms. The van der Waals surface area contributed by atoms with Crippen molar-refractivity contribution < 1.29 is 4.39 Å². The zero-order valence-corrected chi connectivity index (χ0v) is 14.3. The van der Waals surface area contributed by atoms with Crippen LogP contribution in [0.1, 0.15) is 36.0 Å². The quantitative estimate of drug-likeness (QED) is 0.925. The molecule has 1 fully saturated rings. The van der Waals surface area contributed by atoms with Crippen molar-refractivity contribution in [3.63, 3.8) is 0 Å². The topological polar surface area (TPSA) is 46.0 Å². The number of rotatable bonds is 3. The third-order valence-corrected chi connectivity index (χ3v) is 5.30. The molecule has 0 spiro atoms. The van der Waals surface area contributed by atoms with Gasteiger partial charge in [0, 0.05) is 25.6 Å². The smallest absolute Gasteiger partial charge is 0.147 e. The predicted octanol–water partition coefficient (Wildman–Crippen LogP) is 2.55. The molecule has 7 heteroatoms. The van der Waals surface area contributed by atoms with Crippen LogP contribution in [0.4, 0.5) is 4.39 Å². The summed E-state index contributed by atoms with van der Waals surface area (Å²) in [6, 6.07) is 5.07. The lowest BCUT2D eigenvalue weighted by Crippen LogP contribution is -2.34. The van der Waals surface area contributed by atoms with Gasteiger partial charge in [-0.3, -0.25) is 4.90 Å². The zero-order valence-electron chi connectivity index (χ0n) is 13.5. The molecule has 24 heavy (non-hydrogen) atoms. The average Bonchev–Trinajstić information content (AvgIpc) is 3.03. The molecule has 3 heterocycles. The number of nitrogens with one attached hydrogen (secondary N) is 1. The molecule has 5 nitrogen and oxygen atoms in total. The number of hydrogen-bond acceptors (Lipinski definition) is 4. The fraction of sp³-hybridized carbons (Fsp3) is 0.529. The summed E-state index contributed by atoms with van der Waals surface area (Å²) in [4.78, 5) is 2.37. The first-order chi connectivity index (χ1) is 11.7. The fourth-order valence-corrected chi connectivity index (χ4v) is 3.78. The Morgan fingerprint density at radius 2 is 2.04 bits per heavy atom. The highest BCUT2D eigenvalue weighted by Gasteiger charge is 2.27. The second-order valence-corrected chi connectivity index (χ2v) is 7.01. The van der Waals surface area contributed by atoms with Gasteiger partial charge in [0.2, 0.25) is 0 Å². The molecule has 128 valence electrons. The lowest BCUT2D eigenvalue weighted by Gasteiger charge is -2.32. The highest BCUT2D eigenvalue weighted by atomic mass is 35.5. The van der Waals surface area contributed by atoms with E-state index in [0.29, 0.717) is 5.92 Å². The summed E-state index contributed by atoms with van der Waals surface area (Å²) in [5, 5.41) is 12.3. The van der Waals surface area contributed by atoms with Crippen LogP contribution in [-0.2, 0) is 19.6 Å². The number of piperidine rings is 1. The Morgan fingerprint density at radius 3 is 2.83 bits per heavy atom. The second-order valence-electron chi connectivity index (χ2n) is 6.60. The summed E-state index contributed by atoms with van der Waals surface area (Å²) in [5.74, 6) is 2.33. The number of aromatic nitrogens is 3. The van der Waals surface area contributed by atoms with Gasteiger partial charge in [0.25, 0.3) is 0 Å². The van der Waals surface area contributed by atoms with Crippen molar-refractivity contribution in [2.24, 2.45) is 0 Å². The third kappa shape index (κ3) is 3.18. The first-order valence-electron chi connectivity index (χ1n) is 8.49. The van der Waals surface area contributed by atoms with Crippen LogP contribution in [-0.4, -0.2) is 39.3 Å². The second kappa shape index (κ2) is 6.78. The molecule has 0 radical (unpaired) electrons. The summed E-state index contributed by atoms with van der Waals surface area (Å²) >= 11 is 5.75. The van der Waals surface area contributed by atoms with E-state index in [0.717, 1.165) is 69.3 Å². The Balaban J connectivity index is 1.38. The van der Waals surface area contributed by atoms with Gasteiger partial charge >= 0.3 is 0 Å². The van der Waals surface area contributed by atoms with Crippen molar-refractivity contribution in [2.45, 2.75) is 38.4 Å². The lowest BCUT2D eigenvalue weighted by atomic mass is 9.95. The van der Waals surface area contributed by atoms with Crippen molar-refractivity contribution in [1.29, 1.82) is 0 Å². The van der Waals surface area contributed by atoms with Crippen LogP contribution >= 0.6 is 11.6 Å². The minimum atomic E-state index is -0.340. The van der Waals surface area contributed by atoms with Crippen LogP contribution in [0.5, 0.6) is 0 Å². The molecule has 0 amide bonds. The molecular formula is C17H21ClFN5. The molecule has 1 saturated heterocycles. The monoisotopic (exact) mass is 349 g/mol. The highest BCUT2D eigenvalue weighted by Crippen LogP contribution is 2.28. The van der Waals surface area contributed by atoms with E-state index in [-0.39, 0.29) is 10.8 Å². The molecule has 2 aliphatic heterocycles. The molecule has 0 saturated carbocycles. The number of hydrogen-bond donors (Lipinski definition) is 1. The Bertz CT molecular complexity index is 724. The summed E-state index contributed by atoms with van der Waals surface area (Å²) in [6.07, 6.45) is 2.14. The maximum absolute atomic E-state index is 13.6. The van der Waals surface area contributed by atoms with Crippen LogP contribution in [0.2, 0.25) is 5.02 Å². The highest BCUT2D eigenvalue weighted by molar-refractivity contribution is 6.30.